The van der Waals surface area contributed by atoms with Crippen LogP contribution < -0.4 is 5.32 Å². The minimum atomic E-state index is -0.0253. The summed E-state index contributed by atoms with van der Waals surface area (Å²) in [7, 11) is 0. The van der Waals surface area contributed by atoms with Gasteiger partial charge in [0, 0.05) is 38.3 Å². The topological polar surface area (TPSA) is 65.8 Å². The predicted molar refractivity (Wildman–Crippen MR) is 84.0 cm³/mol. The molecule has 0 atom stereocenters. The molecule has 1 aromatic rings. The first-order valence-corrected chi connectivity index (χ1v) is 7.57. The van der Waals surface area contributed by atoms with Gasteiger partial charge in [-0.25, -0.2) is 0 Å². The molecule has 2 heterocycles. The summed E-state index contributed by atoms with van der Waals surface area (Å²) in [4.78, 5) is 27.6. The smallest absolute Gasteiger partial charge is 0.246 e. The normalized spacial score (nSPS) is 16.4. The fraction of sp³-hybridized carbons (Fsp3) is 0.500. The van der Waals surface area contributed by atoms with E-state index >= 15 is 0 Å². The molecule has 120 valence electrons. The lowest BCUT2D eigenvalue weighted by atomic mass is 10.3. The molecule has 0 bridgehead atoms. The minimum absolute atomic E-state index is 0.0253. The Bertz CT molecular complexity index is 515. The molecule has 22 heavy (non-hydrogen) atoms. The quantitative estimate of drug-likeness (QED) is 0.823. The van der Waals surface area contributed by atoms with Crippen molar-refractivity contribution < 1.29 is 14.0 Å². The van der Waals surface area contributed by atoms with Gasteiger partial charge in [0.1, 0.15) is 5.76 Å². The first kappa shape index (κ1) is 16.3. The van der Waals surface area contributed by atoms with Crippen LogP contribution in [-0.4, -0.2) is 60.4 Å². The number of rotatable bonds is 5. The summed E-state index contributed by atoms with van der Waals surface area (Å²) in [5.74, 6) is 0.674. The van der Waals surface area contributed by atoms with E-state index in [1.165, 1.54) is 6.08 Å². The van der Waals surface area contributed by atoms with Crippen LogP contribution in [-0.2, 0) is 9.59 Å². The molecule has 0 radical (unpaired) electrons. The SMILES string of the molecule is CC(C)NC(=O)CN1CCN(C(=O)/C=C/c2ccco2)CC1. The largest absolute Gasteiger partial charge is 0.465 e. The maximum Gasteiger partial charge on any atom is 0.246 e. The lowest BCUT2D eigenvalue weighted by Crippen LogP contribution is -2.51. The van der Waals surface area contributed by atoms with Gasteiger partial charge in [-0.2, -0.15) is 0 Å². The molecule has 0 spiro atoms. The van der Waals surface area contributed by atoms with Crippen molar-refractivity contribution >= 4 is 17.9 Å². The second-order valence-electron chi connectivity index (χ2n) is 5.67. The number of amides is 2. The number of hydrogen-bond acceptors (Lipinski definition) is 4. The Morgan fingerprint density at radius 2 is 2.05 bits per heavy atom. The van der Waals surface area contributed by atoms with Crippen molar-refractivity contribution in [3.8, 4) is 0 Å². The molecule has 1 N–H and O–H groups in total. The molecule has 1 aliphatic rings. The highest BCUT2D eigenvalue weighted by atomic mass is 16.3. The number of nitrogens with zero attached hydrogens (tertiary/aromatic N) is 2. The van der Waals surface area contributed by atoms with Crippen molar-refractivity contribution in [3.63, 3.8) is 0 Å². The maximum atomic E-state index is 12.1. The Hall–Kier alpha value is -2.08. The molecule has 1 aromatic heterocycles. The van der Waals surface area contributed by atoms with Crippen LogP contribution in [0, 0.1) is 0 Å². The Balaban J connectivity index is 1.74. The molecular formula is C16H23N3O3. The maximum absolute atomic E-state index is 12.1. The fourth-order valence-corrected chi connectivity index (χ4v) is 2.34. The van der Waals surface area contributed by atoms with Gasteiger partial charge >= 0.3 is 0 Å². The van der Waals surface area contributed by atoms with E-state index < -0.39 is 0 Å². The van der Waals surface area contributed by atoms with E-state index in [0.29, 0.717) is 38.5 Å². The third-order valence-corrected chi connectivity index (χ3v) is 3.43. The van der Waals surface area contributed by atoms with Gasteiger partial charge in [-0.1, -0.05) is 0 Å². The number of furan rings is 1. The van der Waals surface area contributed by atoms with Gasteiger partial charge < -0.3 is 14.6 Å². The third-order valence-electron chi connectivity index (χ3n) is 3.43. The highest BCUT2D eigenvalue weighted by Gasteiger charge is 2.21. The van der Waals surface area contributed by atoms with Crippen molar-refractivity contribution in [2.24, 2.45) is 0 Å². The molecule has 0 saturated carbocycles. The number of carbonyl (C=O) groups excluding carboxylic acids is 2. The number of carbonyl (C=O) groups is 2. The van der Waals surface area contributed by atoms with Gasteiger partial charge in [0.15, 0.2) is 0 Å². The summed E-state index contributed by atoms with van der Waals surface area (Å²) in [5, 5.41) is 2.88. The second kappa shape index (κ2) is 7.79. The zero-order valence-corrected chi connectivity index (χ0v) is 13.1. The molecule has 6 heteroatoms. The molecule has 1 fully saturated rings. The van der Waals surface area contributed by atoms with Crippen LogP contribution in [0.1, 0.15) is 19.6 Å². The van der Waals surface area contributed by atoms with Crippen LogP contribution in [0.25, 0.3) is 6.08 Å². The van der Waals surface area contributed by atoms with E-state index in [9.17, 15) is 9.59 Å². The van der Waals surface area contributed by atoms with Crippen LogP contribution >= 0.6 is 0 Å². The van der Waals surface area contributed by atoms with Crippen LogP contribution in [0.2, 0.25) is 0 Å². The van der Waals surface area contributed by atoms with E-state index in [4.69, 9.17) is 4.42 Å². The third kappa shape index (κ3) is 5.04. The van der Waals surface area contributed by atoms with Gasteiger partial charge in [-0.3, -0.25) is 14.5 Å². The monoisotopic (exact) mass is 305 g/mol. The highest BCUT2D eigenvalue weighted by molar-refractivity contribution is 5.91. The van der Waals surface area contributed by atoms with E-state index in [-0.39, 0.29) is 17.9 Å². The molecule has 0 aromatic carbocycles. The zero-order chi connectivity index (χ0) is 15.9. The van der Waals surface area contributed by atoms with Crippen molar-refractivity contribution in [1.29, 1.82) is 0 Å². The Morgan fingerprint density at radius 3 is 2.64 bits per heavy atom. The van der Waals surface area contributed by atoms with Gasteiger partial charge in [0.2, 0.25) is 11.8 Å². The van der Waals surface area contributed by atoms with Gasteiger partial charge in [0.25, 0.3) is 0 Å². The summed E-state index contributed by atoms with van der Waals surface area (Å²) >= 11 is 0. The summed E-state index contributed by atoms with van der Waals surface area (Å²) in [6, 6.07) is 3.74. The second-order valence-corrected chi connectivity index (χ2v) is 5.67. The van der Waals surface area contributed by atoms with Crippen LogP contribution in [0.15, 0.2) is 28.9 Å². The van der Waals surface area contributed by atoms with E-state index in [1.807, 2.05) is 13.8 Å². The first-order chi connectivity index (χ1) is 10.5. The van der Waals surface area contributed by atoms with Gasteiger partial charge in [0.05, 0.1) is 12.8 Å². The van der Waals surface area contributed by atoms with E-state index in [0.717, 1.165) is 0 Å². The Labute approximate surface area is 130 Å². The molecule has 2 amide bonds. The summed E-state index contributed by atoms with van der Waals surface area (Å²) < 4.78 is 5.15. The molecule has 1 saturated heterocycles. The van der Waals surface area contributed by atoms with Crippen LogP contribution in [0.3, 0.4) is 0 Å². The summed E-state index contributed by atoms with van der Waals surface area (Å²) in [5.41, 5.74) is 0. The highest BCUT2D eigenvalue weighted by Crippen LogP contribution is 2.06. The lowest BCUT2D eigenvalue weighted by Gasteiger charge is -2.33. The average Bonchev–Trinajstić information content (AvgIpc) is 2.98. The molecule has 0 unspecified atom stereocenters. The van der Waals surface area contributed by atoms with Crippen molar-refractivity contribution in [2.45, 2.75) is 19.9 Å². The lowest BCUT2D eigenvalue weighted by molar-refractivity contribution is -0.128. The first-order valence-electron chi connectivity index (χ1n) is 7.57. The summed E-state index contributed by atoms with van der Waals surface area (Å²) in [6.07, 6.45) is 4.77. The van der Waals surface area contributed by atoms with Crippen molar-refractivity contribution in [1.82, 2.24) is 15.1 Å². The van der Waals surface area contributed by atoms with Gasteiger partial charge in [-0.05, 0) is 32.1 Å². The molecule has 1 aliphatic heterocycles. The molecular weight excluding hydrogens is 282 g/mol. The van der Waals surface area contributed by atoms with Gasteiger partial charge in [-0.15, -0.1) is 0 Å². The molecule has 6 nitrogen and oxygen atoms in total. The molecule has 2 rings (SSSR count). The van der Waals surface area contributed by atoms with Crippen LogP contribution in [0.5, 0.6) is 0 Å². The Morgan fingerprint density at radius 1 is 1.32 bits per heavy atom. The fourth-order valence-electron chi connectivity index (χ4n) is 2.34. The van der Waals surface area contributed by atoms with Crippen molar-refractivity contribution in [2.75, 3.05) is 32.7 Å². The minimum Gasteiger partial charge on any atom is -0.465 e. The zero-order valence-electron chi connectivity index (χ0n) is 13.1. The van der Waals surface area contributed by atoms with E-state index in [1.54, 1.807) is 29.4 Å². The molecule has 0 aliphatic carbocycles. The Kier molecular flexibility index (Phi) is 5.77. The average molecular weight is 305 g/mol. The summed E-state index contributed by atoms with van der Waals surface area (Å²) in [6.45, 7) is 6.98. The van der Waals surface area contributed by atoms with Crippen LogP contribution in [0.4, 0.5) is 0 Å². The predicted octanol–water partition coefficient (Wildman–Crippen LogP) is 0.962. The van der Waals surface area contributed by atoms with Crippen molar-refractivity contribution in [3.05, 3.63) is 30.2 Å². The number of piperazine rings is 1. The van der Waals surface area contributed by atoms with E-state index in [2.05, 4.69) is 10.2 Å². The number of nitrogens with one attached hydrogen (secondary N) is 1. The standard InChI is InChI=1S/C16H23N3O3/c1-13(2)17-15(20)12-18-7-9-19(10-8-18)16(21)6-5-14-4-3-11-22-14/h3-6,11,13H,7-10,12H2,1-2H3,(H,17,20)/b6-5+. The number of hydrogen-bond donors (Lipinski definition) is 1.